The Hall–Kier alpha value is -3.22. The van der Waals surface area contributed by atoms with Crippen molar-refractivity contribution in [1.29, 1.82) is 0 Å². The lowest BCUT2D eigenvalue weighted by molar-refractivity contribution is -0.120. The number of nitrogens with one attached hydrogen (secondary N) is 1. The Kier molecular flexibility index (Phi) is 4.58. The number of rotatable bonds is 4. The molecule has 1 saturated heterocycles. The zero-order valence-electron chi connectivity index (χ0n) is 16.6. The number of hydrogen-bond donors (Lipinski definition) is 1. The van der Waals surface area contributed by atoms with Gasteiger partial charge in [0, 0.05) is 30.5 Å². The van der Waals surface area contributed by atoms with Crippen LogP contribution >= 0.6 is 0 Å². The zero-order valence-corrected chi connectivity index (χ0v) is 16.6. The maximum atomic E-state index is 12.6. The van der Waals surface area contributed by atoms with Crippen molar-refractivity contribution < 1.29 is 4.79 Å². The van der Waals surface area contributed by atoms with Crippen molar-refractivity contribution in [3.8, 4) is 5.82 Å². The average molecular weight is 376 g/mol. The van der Waals surface area contributed by atoms with Crippen molar-refractivity contribution in [2.45, 2.75) is 27.7 Å². The molecule has 4 rings (SSSR count). The molecule has 1 N–H and O–H groups in total. The Morgan fingerprint density at radius 3 is 2.54 bits per heavy atom. The highest BCUT2D eigenvalue weighted by molar-refractivity contribution is 5.95. The number of amides is 1. The molecule has 144 valence electrons. The van der Waals surface area contributed by atoms with Gasteiger partial charge in [0.25, 0.3) is 0 Å². The molecule has 7 heteroatoms. The number of carbonyl (C=O) groups is 1. The van der Waals surface area contributed by atoms with Gasteiger partial charge in [-0.2, -0.15) is 5.10 Å². The molecule has 0 unspecified atom stereocenters. The third-order valence-corrected chi connectivity index (χ3v) is 5.30. The van der Waals surface area contributed by atoms with E-state index in [1.54, 1.807) is 6.33 Å². The number of anilines is 2. The Morgan fingerprint density at radius 1 is 1.07 bits per heavy atom. The minimum absolute atomic E-state index is 0.0491. The summed E-state index contributed by atoms with van der Waals surface area (Å²) in [7, 11) is 0. The monoisotopic (exact) mass is 376 g/mol. The van der Waals surface area contributed by atoms with Crippen LogP contribution in [0.4, 0.5) is 11.5 Å². The fraction of sp³-hybridized carbons (Fsp3) is 0.333. The Bertz CT molecular complexity index is 1040. The Morgan fingerprint density at radius 2 is 1.82 bits per heavy atom. The molecule has 3 heterocycles. The number of carbonyl (C=O) groups excluding carboxylic acids is 1. The van der Waals surface area contributed by atoms with Gasteiger partial charge >= 0.3 is 0 Å². The third kappa shape index (κ3) is 3.35. The van der Waals surface area contributed by atoms with E-state index < -0.39 is 0 Å². The smallest absolute Gasteiger partial charge is 0.231 e. The van der Waals surface area contributed by atoms with Gasteiger partial charge in [0.1, 0.15) is 12.1 Å². The molecule has 7 nitrogen and oxygen atoms in total. The first-order chi connectivity index (χ1) is 13.4. The molecule has 28 heavy (non-hydrogen) atoms. The minimum atomic E-state index is -0.0491. The molecule has 1 aliphatic rings. The van der Waals surface area contributed by atoms with Gasteiger partial charge < -0.3 is 10.2 Å². The van der Waals surface area contributed by atoms with Crippen LogP contribution in [0.1, 0.15) is 22.5 Å². The van der Waals surface area contributed by atoms with Crippen molar-refractivity contribution in [3.05, 3.63) is 59.2 Å². The summed E-state index contributed by atoms with van der Waals surface area (Å²) >= 11 is 0. The molecule has 2 aromatic heterocycles. The molecule has 1 aliphatic heterocycles. The normalized spacial score (nSPS) is 14.1. The van der Waals surface area contributed by atoms with Crippen molar-refractivity contribution >= 4 is 17.4 Å². The lowest BCUT2D eigenvalue weighted by atomic mass is 9.98. The van der Waals surface area contributed by atoms with Crippen LogP contribution in [0.25, 0.3) is 5.82 Å². The van der Waals surface area contributed by atoms with E-state index in [4.69, 9.17) is 0 Å². The zero-order chi connectivity index (χ0) is 19.8. The lowest BCUT2D eigenvalue weighted by Gasteiger charge is -2.39. The van der Waals surface area contributed by atoms with Gasteiger partial charge in [-0.1, -0.05) is 12.1 Å². The highest BCUT2D eigenvalue weighted by atomic mass is 16.2. The second kappa shape index (κ2) is 7.07. The molecule has 0 bridgehead atoms. The highest BCUT2D eigenvalue weighted by Gasteiger charge is 2.34. The van der Waals surface area contributed by atoms with Crippen LogP contribution in [0, 0.1) is 33.6 Å². The largest absolute Gasteiger partial charge is 0.355 e. The number of aromatic nitrogens is 4. The first kappa shape index (κ1) is 18.2. The van der Waals surface area contributed by atoms with Crippen molar-refractivity contribution in [1.82, 2.24) is 19.7 Å². The van der Waals surface area contributed by atoms with Gasteiger partial charge in [0.15, 0.2) is 5.82 Å². The van der Waals surface area contributed by atoms with Crippen LogP contribution in [0.3, 0.4) is 0 Å². The summed E-state index contributed by atoms with van der Waals surface area (Å²) in [6, 6.07) is 9.89. The molecule has 1 aromatic carbocycles. The van der Waals surface area contributed by atoms with E-state index in [9.17, 15) is 4.79 Å². The first-order valence-corrected chi connectivity index (χ1v) is 9.40. The predicted octanol–water partition coefficient (Wildman–Crippen LogP) is 2.97. The van der Waals surface area contributed by atoms with Crippen molar-refractivity contribution in [3.63, 3.8) is 0 Å². The lowest BCUT2D eigenvalue weighted by Crippen LogP contribution is -2.52. The molecule has 1 amide bonds. The summed E-state index contributed by atoms with van der Waals surface area (Å²) in [5.41, 5.74) is 5.14. The van der Waals surface area contributed by atoms with Crippen LogP contribution in [-0.4, -0.2) is 38.7 Å². The molecule has 3 aromatic rings. The fourth-order valence-corrected chi connectivity index (χ4v) is 3.44. The molecule has 0 radical (unpaired) electrons. The third-order valence-electron chi connectivity index (χ3n) is 5.30. The summed E-state index contributed by atoms with van der Waals surface area (Å²) < 4.78 is 1.81. The Labute approximate surface area is 164 Å². The minimum Gasteiger partial charge on any atom is -0.355 e. The predicted molar refractivity (Wildman–Crippen MR) is 109 cm³/mol. The molecule has 0 aliphatic carbocycles. The summed E-state index contributed by atoms with van der Waals surface area (Å²) in [5, 5.41) is 7.53. The summed E-state index contributed by atoms with van der Waals surface area (Å²) in [6.45, 7) is 9.32. The summed E-state index contributed by atoms with van der Waals surface area (Å²) in [5.74, 6) is 1.55. The summed E-state index contributed by atoms with van der Waals surface area (Å²) in [4.78, 5) is 23.4. The quantitative estimate of drug-likeness (QED) is 0.758. The fourth-order valence-electron chi connectivity index (χ4n) is 3.44. The molecular weight excluding hydrogens is 352 g/mol. The van der Waals surface area contributed by atoms with Gasteiger partial charge in [-0.25, -0.2) is 14.6 Å². The van der Waals surface area contributed by atoms with Crippen LogP contribution in [-0.2, 0) is 4.79 Å². The van der Waals surface area contributed by atoms with Crippen LogP contribution in [0.15, 0.2) is 36.7 Å². The van der Waals surface area contributed by atoms with Gasteiger partial charge in [0.2, 0.25) is 5.91 Å². The van der Waals surface area contributed by atoms with E-state index in [0.717, 1.165) is 34.3 Å². The van der Waals surface area contributed by atoms with Gasteiger partial charge in [0.05, 0.1) is 11.6 Å². The van der Waals surface area contributed by atoms with Crippen LogP contribution in [0.5, 0.6) is 0 Å². The van der Waals surface area contributed by atoms with Crippen LogP contribution < -0.4 is 10.2 Å². The van der Waals surface area contributed by atoms with Gasteiger partial charge in [-0.3, -0.25) is 4.79 Å². The Balaban J connectivity index is 1.42. The molecule has 0 spiro atoms. The number of nitrogens with zero attached hydrogens (tertiary/aromatic N) is 5. The molecule has 0 atom stereocenters. The average Bonchev–Trinajstić information content (AvgIpc) is 2.96. The second-order valence-electron chi connectivity index (χ2n) is 7.41. The van der Waals surface area contributed by atoms with Crippen molar-refractivity contribution in [2.75, 3.05) is 23.3 Å². The number of aryl methyl sites for hydroxylation is 3. The standard InChI is InChI=1S/C21H24N6O/c1-13-6-5-7-18(16(13)4)24-21(28)17-10-26(11-17)19-9-20(23-12-22-19)27-15(3)8-14(2)25-27/h5-9,12,17H,10-11H2,1-4H3,(H,24,28). The van der Waals surface area contributed by atoms with E-state index in [-0.39, 0.29) is 11.8 Å². The molecule has 1 fully saturated rings. The molecule has 0 saturated carbocycles. The van der Waals surface area contributed by atoms with E-state index in [0.29, 0.717) is 13.1 Å². The highest BCUT2D eigenvalue weighted by Crippen LogP contribution is 2.26. The van der Waals surface area contributed by atoms with E-state index >= 15 is 0 Å². The summed E-state index contributed by atoms with van der Waals surface area (Å²) in [6.07, 6.45) is 1.55. The number of benzene rings is 1. The maximum absolute atomic E-state index is 12.6. The van der Waals surface area contributed by atoms with E-state index in [1.807, 2.05) is 62.7 Å². The van der Waals surface area contributed by atoms with E-state index in [1.165, 1.54) is 5.56 Å². The molecular formula is C21H24N6O. The number of hydrogen-bond acceptors (Lipinski definition) is 5. The van der Waals surface area contributed by atoms with Gasteiger partial charge in [-0.05, 0) is 51.0 Å². The van der Waals surface area contributed by atoms with Crippen LogP contribution in [0.2, 0.25) is 0 Å². The first-order valence-electron chi connectivity index (χ1n) is 9.40. The maximum Gasteiger partial charge on any atom is 0.231 e. The second-order valence-corrected chi connectivity index (χ2v) is 7.41. The van der Waals surface area contributed by atoms with E-state index in [2.05, 4.69) is 25.3 Å². The van der Waals surface area contributed by atoms with Crippen molar-refractivity contribution in [2.24, 2.45) is 5.92 Å². The van der Waals surface area contributed by atoms with Gasteiger partial charge in [-0.15, -0.1) is 0 Å². The SMILES string of the molecule is Cc1cc(C)n(-c2cc(N3CC(C(=O)Nc4cccc(C)c4C)C3)ncn2)n1. The topological polar surface area (TPSA) is 75.9 Å².